The van der Waals surface area contributed by atoms with Gasteiger partial charge in [0.25, 0.3) is 8.32 Å². The van der Waals surface area contributed by atoms with Gasteiger partial charge >= 0.3 is 0 Å². The van der Waals surface area contributed by atoms with Gasteiger partial charge in [-0.3, -0.25) is 9.44 Å². The number of aromatic nitrogens is 2. The Hall–Kier alpha value is -4.09. The highest BCUT2D eigenvalue weighted by molar-refractivity contribution is 7.93. The number of rotatable bonds is 10. The maximum Gasteiger partial charge on any atom is 0.250 e. The molecule has 3 aliphatic rings. The van der Waals surface area contributed by atoms with Gasteiger partial charge < -0.3 is 24.1 Å². The SMILES string of the molecule is C1CCOC1.CC(C)(C)[Si](C)(C)Oc1ccc(NS(=O)(=O)C2CCN(c3ccccc3)CC2)nc1.Cl.O=S(=O)(Nc1ccc(O)cn1)C1CCN(c2ccccc2)CC1. The lowest BCUT2D eigenvalue weighted by Gasteiger charge is -2.36. The molecule has 3 aliphatic heterocycles. The zero-order valence-corrected chi connectivity index (χ0v) is 38.2. The lowest BCUT2D eigenvalue weighted by atomic mass is 10.1. The van der Waals surface area contributed by atoms with Crippen LogP contribution in [0.5, 0.6) is 11.5 Å². The van der Waals surface area contributed by atoms with Crippen molar-refractivity contribution in [2.75, 3.05) is 58.6 Å². The quantitative estimate of drug-likeness (QED) is 0.131. The van der Waals surface area contributed by atoms with Crippen molar-refractivity contribution >= 4 is 63.8 Å². The van der Waals surface area contributed by atoms with Crippen molar-refractivity contribution in [3.05, 3.63) is 97.3 Å². The van der Waals surface area contributed by atoms with E-state index in [9.17, 15) is 21.9 Å². The number of ether oxygens (including phenoxy) is 1. The normalized spacial score (nSPS) is 16.7. The second-order valence-electron chi connectivity index (χ2n) is 16.3. The smallest absolute Gasteiger partial charge is 0.250 e. The number of pyridine rings is 2. The highest BCUT2D eigenvalue weighted by Crippen LogP contribution is 2.37. The van der Waals surface area contributed by atoms with E-state index in [0.717, 1.165) is 37.7 Å². The maximum absolute atomic E-state index is 12.8. The number of hydrogen-bond acceptors (Lipinski definition) is 11. The first-order valence-corrected chi connectivity index (χ1v) is 26.0. The highest BCUT2D eigenvalue weighted by atomic mass is 35.5. The predicted octanol–water partition coefficient (Wildman–Crippen LogP) is 8.29. The molecule has 7 rings (SSSR count). The van der Waals surface area contributed by atoms with Crippen molar-refractivity contribution in [2.45, 2.75) is 87.9 Å². The molecule has 0 unspecified atom stereocenters. The molecule has 0 atom stereocenters. The van der Waals surface area contributed by atoms with Crippen LogP contribution in [0.4, 0.5) is 23.0 Å². The second-order valence-corrected chi connectivity index (χ2v) is 24.9. The molecule has 0 saturated carbocycles. The molecular weight excluding hydrogens is 828 g/mol. The molecule has 13 nitrogen and oxygen atoms in total. The summed E-state index contributed by atoms with van der Waals surface area (Å²) in [5, 5.41) is 8.43. The molecule has 3 N–H and O–H groups in total. The Bertz CT molecular complexity index is 2050. The van der Waals surface area contributed by atoms with Crippen molar-refractivity contribution in [1.82, 2.24) is 9.97 Å². The first kappa shape index (κ1) is 47.6. The molecule has 0 spiro atoms. The number of aromatic hydroxyl groups is 1. The third-order valence-corrected chi connectivity index (χ3v) is 19.0. The van der Waals surface area contributed by atoms with Gasteiger partial charge in [0.2, 0.25) is 20.0 Å². The molecule has 2 aromatic heterocycles. The number of sulfonamides is 2. The van der Waals surface area contributed by atoms with Crippen LogP contribution in [0.25, 0.3) is 0 Å². The number of nitrogens with one attached hydrogen (secondary N) is 2. The van der Waals surface area contributed by atoms with Crippen molar-refractivity contribution in [3.8, 4) is 11.5 Å². The Morgan fingerprint density at radius 2 is 1.10 bits per heavy atom. The molecular formula is C42H61ClN6O7S2Si. The zero-order valence-electron chi connectivity index (χ0n) is 34.8. The Morgan fingerprint density at radius 1 is 0.678 bits per heavy atom. The van der Waals surface area contributed by atoms with E-state index in [0.29, 0.717) is 50.3 Å². The van der Waals surface area contributed by atoms with E-state index in [1.807, 2.05) is 48.5 Å². The van der Waals surface area contributed by atoms with E-state index in [4.69, 9.17) is 9.16 Å². The van der Waals surface area contributed by atoms with Crippen LogP contribution in [-0.2, 0) is 24.8 Å². The lowest BCUT2D eigenvalue weighted by molar-refractivity contribution is 0.198. The summed E-state index contributed by atoms with van der Waals surface area (Å²) in [5.74, 6) is 1.25. The average molecular weight is 890 g/mol. The van der Waals surface area contributed by atoms with Gasteiger partial charge in [0, 0.05) is 50.8 Å². The summed E-state index contributed by atoms with van der Waals surface area (Å²) in [6.45, 7) is 15.7. The number of hydrogen-bond donors (Lipinski definition) is 3. The number of para-hydroxylation sites is 2. The molecule has 3 saturated heterocycles. The number of anilines is 4. The largest absolute Gasteiger partial charge is 0.542 e. The minimum atomic E-state index is -3.48. The molecule has 0 bridgehead atoms. The van der Waals surface area contributed by atoms with Crippen LogP contribution in [0.3, 0.4) is 0 Å². The maximum atomic E-state index is 12.8. The van der Waals surface area contributed by atoms with E-state index in [-0.39, 0.29) is 29.0 Å². The molecule has 324 valence electrons. The molecule has 0 aliphatic carbocycles. The molecule has 5 heterocycles. The fourth-order valence-corrected chi connectivity index (χ4v) is 10.3. The number of benzene rings is 2. The molecule has 2 aromatic carbocycles. The van der Waals surface area contributed by atoms with Crippen LogP contribution in [0.1, 0.15) is 59.3 Å². The van der Waals surface area contributed by atoms with Gasteiger partial charge in [0.05, 0.1) is 22.9 Å². The minimum Gasteiger partial charge on any atom is -0.542 e. The van der Waals surface area contributed by atoms with Crippen molar-refractivity contribution in [2.24, 2.45) is 0 Å². The van der Waals surface area contributed by atoms with Gasteiger partial charge in [-0.05, 0) is 105 Å². The van der Waals surface area contributed by atoms with Crippen molar-refractivity contribution in [1.29, 1.82) is 0 Å². The van der Waals surface area contributed by atoms with Gasteiger partial charge in [-0.1, -0.05) is 57.2 Å². The van der Waals surface area contributed by atoms with Gasteiger partial charge in [-0.25, -0.2) is 26.8 Å². The Labute approximate surface area is 358 Å². The van der Waals surface area contributed by atoms with E-state index < -0.39 is 38.9 Å². The van der Waals surface area contributed by atoms with E-state index >= 15 is 0 Å². The summed E-state index contributed by atoms with van der Waals surface area (Å²) in [6.07, 6.45) is 7.71. The number of halogens is 1. The zero-order chi connectivity index (χ0) is 41.8. The summed E-state index contributed by atoms with van der Waals surface area (Å²) in [7, 11) is -8.91. The first-order valence-electron chi connectivity index (χ1n) is 20.0. The standard InChI is InChI=1S/C22H33N3O3SSi.C16H19N3O3S.C4H8O.ClH/c1-22(2,3)30(4,5)28-19-11-12-21(23-17-19)24-29(26,27)20-13-15-25(16-14-20)18-9-7-6-8-10-18;20-14-6-7-16(17-12-14)18-23(21,22)15-8-10-19(11-9-15)13-4-2-1-3-5-13;1-2-4-5-3-1;/h6-12,17,20H,13-16H2,1-5H3,(H,23,24);1-7,12,15,20H,8-11H2,(H,17,18);1-4H2;1H. The number of nitrogens with zero attached hydrogens (tertiary/aromatic N) is 4. The third kappa shape index (κ3) is 14.3. The van der Waals surface area contributed by atoms with Crippen molar-refractivity contribution in [3.63, 3.8) is 0 Å². The fraction of sp³-hybridized carbons (Fsp3) is 0.476. The van der Waals surface area contributed by atoms with E-state index in [1.54, 1.807) is 18.3 Å². The third-order valence-electron chi connectivity index (χ3n) is 11.0. The van der Waals surface area contributed by atoms with Crippen LogP contribution in [0.15, 0.2) is 97.3 Å². The van der Waals surface area contributed by atoms with Crippen LogP contribution < -0.4 is 23.7 Å². The van der Waals surface area contributed by atoms with Crippen LogP contribution >= 0.6 is 12.4 Å². The Morgan fingerprint density at radius 3 is 1.44 bits per heavy atom. The second kappa shape index (κ2) is 21.4. The fourth-order valence-electron chi connectivity index (χ4n) is 6.49. The Balaban J connectivity index is 0.000000234. The molecule has 0 amide bonds. The first-order chi connectivity index (χ1) is 27.5. The predicted molar refractivity (Wildman–Crippen MR) is 244 cm³/mol. The van der Waals surface area contributed by atoms with E-state index in [2.05, 4.69) is 75.2 Å². The summed E-state index contributed by atoms with van der Waals surface area (Å²) in [6, 6.07) is 26.4. The summed E-state index contributed by atoms with van der Waals surface area (Å²) < 4.78 is 66.9. The van der Waals surface area contributed by atoms with Gasteiger partial charge in [-0.15, -0.1) is 12.4 Å². The lowest BCUT2D eigenvalue weighted by Crippen LogP contribution is -2.43. The molecule has 3 fully saturated rings. The highest BCUT2D eigenvalue weighted by Gasteiger charge is 2.39. The van der Waals surface area contributed by atoms with Crippen LogP contribution in [-0.4, -0.2) is 90.1 Å². The summed E-state index contributed by atoms with van der Waals surface area (Å²) in [4.78, 5) is 12.6. The van der Waals surface area contributed by atoms with Gasteiger partial charge in [0.1, 0.15) is 23.1 Å². The van der Waals surface area contributed by atoms with Gasteiger partial charge in [-0.2, -0.15) is 0 Å². The molecule has 0 radical (unpaired) electrons. The average Bonchev–Trinajstić information content (AvgIpc) is 3.81. The summed E-state index contributed by atoms with van der Waals surface area (Å²) in [5.41, 5.74) is 2.26. The van der Waals surface area contributed by atoms with E-state index in [1.165, 1.54) is 31.2 Å². The minimum absolute atomic E-state index is 0. The van der Waals surface area contributed by atoms with Crippen LogP contribution in [0.2, 0.25) is 18.1 Å². The molecule has 17 heteroatoms. The van der Waals surface area contributed by atoms with Crippen molar-refractivity contribution < 1.29 is 31.1 Å². The topological polar surface area (TPSA) is 163 Å². The molecule has 4 aromatic rings. The molecule has 59 heavy (non-hydrogen) atoms. The number of piperidine rings is 2. The Kier molecular flexibility index (Phi) is 17.3. The monoisotopic (exact) mass is 888 g/mol. The van der Waals surface area contributed by atoms with Gasteiger partial charge in [0.15, 0.2) is 0 Å². The summed E-state index contributed by atoms with van der Waals surface area (Å²) >= 11 is 0. The van der Waals surface area contributed by atoms with Crippen LogP contribution in [0, 0.1) is 0 Å².